The molecule has 2 aliphatic carbocycles. The van der Waals surface area contributed by atoms with Gasteiger partial charge in [-0.15, -0.1) is 0 Å². The van der Waals surface area contributed by atoms with E-state index < -0.39 is 18.9 Å². The number of rotatable bonds is 9. The zero-order valence-electron chi connectivity index (χ0n) is 17.1. The average Bonchev–Trinajstić information content (AvgIpc) is 2.80. The third-order valence-electron chi connectivity index (χ3n) is 6.34. The summed E-state index contributed by atoms with van der Waals surface area (Å²) in [5, 5.41) is 30.4. The Kier molecular flexibility index (Phi) is 8.84. The lowest BCUT2D eigenvalue weighted by Crippen LogP contribution is -2.37. The van der Waals surface area contributed by atoms with Crippen molar-refractivity contribution in [2.75, 3.05) is 0 Å². The minimum Gasteiger partial charge on any atom is -0.412 e. The van der Waals surface area contributed by atoms with Crippen LogP contribution in [0, 0.1) is 11.8 Å². The maximum Gasteiger partial charge on any atom is 0.181 e. The van der Waals surface area contributed by atoms with Crippen LogP contribution in [0.1, 0.15) is 63.2 Å². The van der Waals surface area contributed by atoms with E-state index in [9.17, 15) is 15.3 Å². The van der Waals surface area contributed by atoms with Crippen molar-refractivity contribution in [3.05, 3.63) is 29.8 Å². The molecule has 0 spiro atoms. The fraction of sp³-hybridized carbons (Fsp3) is 0.714. The highest BCUT2D eigenvalue weighted by Crippen LogP contribution is 2.35. The van der Waals surface area contributed by atoms with E-state index in [0.717, 1.165) is 51.4 Å². The van der Waals surface area contributed by atoms with Crippen LogP contribution in [0.15, 0.2) is 24.3 Å². The van der Waals surface area contributed by atoms with E-state index >= 15 is 0 Å². The van der Waals surface area contributed by atoms with Crippen molar-refractivity contribution in [2.45, 2.75) is 82.4 Å². The Morgan fingerprint density at radius 3 is 1.70 bits per heavy atom. The third-order valence-corrected chi connectivity index (χ3v) is 6.34. The minimum absolute atomic E-state index is 0.0106. The smallest absolute Gasteiger partial charge is 0.181 e. The summed E-state index contributed by atoms with van der Waals surface area (Å²) in [6.07, 6.45) is 3.25. The van der Waals surface area contributed by atoms with E-state index in [-0.39, 0.29) is 24.0 Å². The predicted molar refractivity (Wildman–Crippen MR) is 107 cm³/mol. The van der Waals surface area contributed by atoms with Crippen LogP contribution in [-0.4, -0.2) is 40.1 Å². The van der Waals surface area contributed by atoms with Crippen molar-refractivity contribution in [3.8, 4) is 5.75 Å². The largest absolute Gasteiger partial charge is 0.412 e. The summed E-state index contributed by atoms with van der Waals surface area (Å²) >= 11 is 0. The number of nitrogens with two attached hydrogens (primary N) is 2. The van der Waals surface area contributed by atoms with Gasteiger partial charge in [0.15, 0.2) is 18.9 Å². The molecular formula is C21H34N2O7. The van der Waals surface area contributed by atoms with E-state index in [1.165, 1.54) is 0 Å². The van der Waals surface area contributed by atoms with Gasteiger partial charge in [0.2, 0.25) is 0 Å². The molecule has 0 amide bonds. The van der Waals surface area contributed by atoms with Gasteiger partial charge in [-0.25, -0.2) is 5.90 Å². The van der Waals surface area contributed by atoms with Crippen LogP contribution in [-0.2, 0) is 14.3 Å². The molecule has 170 valence electrons. The molecule has 0 aromatic heterocycles. The van der Waals surface area contributed by atoms with Gasteiger partial charge in [-0.3, -0.25) is 4.84 Å². The lowest BCUT2D eigenvalue weighted by Gasteiger charge is -2.36. The summed E-state index contributed by atoms with van der Waals surface area (Å²) in [5.41, 5.74) is 0.644. The van der Waals surface area contributed by atoms with Crippen molar-refractivity contribution < 1.29 is 34.5 Å². The first-order valence-electron chi connectivity index (χ1n) is 10.7. The number of benzene rings is 1. The standard InChI is InChI=1S/C21H34N2O7/c22-29-18-7-5-14(6-8-18)20(25)28-17-11-9-16(10-12-17)27-19(24)13-1-3-15(4-2-13)21(26)30-23/h5-8,13,15-17,19-21,24-26H,1-4,9-12,22-23H2. The molecular weight excluding hydrogens is 392 g/mol. The summed E-state index contributed by atoms with van der Waals surface area (Å²) in [6.45, 7) is 0. The van der Waals surface area contributed by atoms with Gasteiger partial charge in [-0.2, -0.15) is 5.90 Å². The van der Waals surface area contributed by atoms with Gasteiger partial charge in [0.05, 0.1) is 12.2 Å². The topological polar surface area (TPSA) is 150 Å². The molecule has 0 saturated heterocycles. The maximum absolute atomic E-state index is 10.5. The molecule has 1 aromatic rings. The maximum atomic E-state index is 10.5. The Morgan fingerprint density at radius 2 is 1.20 bits per heavy atom. The fourth-order valence-electron chi connectivity index (χ4n) is 4.41. The summed E-state index contributed by atoms with van der Waals surface area (Å²) in [6, 6.07) is 6.77. The van der Waals surface area contributed by atoms with Crippen LogP contribution >= 0.6 is 0 Å². The molecule has 30 heavy (non-hydrogen) atoms. The van der Waals surface area contributed by atoms with Crippen molar-refractivity contribution in [1.29, 1.82) is 0 Å². The van der Waals surface area contributed by atoms with E-state index in [1.54, 1.807) is 24.3 Å². The molecule has 0 heterocycles. The molecule has 2 fully saturated rings. The first-order valence-corrected chi connectivity index (χ1v) is 10.7. The first-order chi connectivity index (χ1) is 14.5. The molecule has 3 atom stereocenters. The zero-order valence-corrected chi connectivity index (χ0v) is 17.1. The number of hydrogen-bond acceptors (Lipinski definition) is 9. The highest BCUT2D eigenvalue weighted by atomic mass is 16.7. The van der Waals surface area contributed by atoms with E-state index in [1.807, 2.05) is 0 Å². The monoisotopic (exact) mass is 426 g/mol. The van der Waals surface area contributed by atoms with Crippen LogP contribution in [0.3, 0.4) is 0 Å². The van der Waals surface area contributed by atoms with Crippen LogP contribution in [0.2, 0.25) is 0 Å². The molecule has 1 aromatic carbocycles. The van der Waals surface area contributed by atoms with Gasteiger partial charge in [-0.05, 0) is 63.5 Å². The molecule has 3 rings (SSSR count). The van der Waals surface area contributed by atoms with Crippen LogP contribution < -0.4 is 16.6 Å². The SMILES string of the molecule is NOc1ccc(C(O)OC2CCC(OC(O)C3CCC(C(O)ON)CC3)CC2)cc1. The molecule has 0 bridgehead atoms. The molecule has 7 N–H and O–H groups in total. The quantitative estimate of drug-likeness (QED) is 0.293. The fourth-order valence-corrected chi connectivity index (χ4v) is 4.41. The van der Waals surface area contributed by atoms with E-state index in [0.29, 0.717) is 11.3 Å². The second-order valence-corrected chi connectivity index (χ2v) is 8.30. The predicted octanol–water partition coefficient (Wildman–Crippen LogP) is 1.61. The molecule has 9 heteroatoms. The van der Waals surface area contributed by atoms with Crippen molar-refractivity contribution in [2.24, 2.45) is 23.6 Å². The summed E-state index contributed by atoms with van der Waals surface area (Å²) < 4.78 is 11.7. The van der Waals surface area contributed by atoms with Gasteiger partial charge >= 0.3 is 0 Å². The zero-order chi connectivity index (χ0) is 21.5. The van der Waals surface area contributed by atoms with Crippen molar-refractivity contribution in [3.63, 3.8) is 0 Å². The Bertz CT molecular complexity index is 616. The molecule has 9 nitrogen and oxygen atoms in total. The highest BCUT2D eigenvalue weighted by Gasteiger charge is 2.33. The second-order valence-electron chi connectivity index (χ2n) is 8.30. The Hall–Kier alpha value is -1.30. The van der Waals surface area contributed by atoms with Crippen LogP contribution in [0.25, 0.3) is 0 Å². The Morgan fingerprint density at radius 1 is 0.700 bits per heavy atom. The number of ether oxygens (including phenoxy) is 2. The Labute approximate surface area is 176 Å². The van der Waals surface area contributed by atoms with Crippen molar-refractivity contribution in [1.82, 2.24) is 0 Å². The lowest BCUT2D eigenvalue weighted by molar-refractivity contribution is -0.201. The number of aliphatic hydroxyl groups is 3. The third kappa shape index (κ3) is 6.35. The summed E-state index contributed by atoms with van der Waals surface area (Å²) in [4.78, 5) is 9.13. The highest BCUT2D eigenvalue weighted by molar-refractivity contribution is 5.27. The molecule has 2 saturated carbocycles. The number of hydrogen-bond donors (Lipinski definition) is 5. The normalized spacial score (nSPS) is 30.4. The van der Waals surface area contributed by atoms with Crippen LogP contribution in [0.4, 0.5) is 0 Å². The average molecular weight is 427 g/mol. The molecule has 0 radical (unpaired) electrons. The van der Waals surface area contributed by atoms with E-state index in [2.05, 4.69) is 9.68 Å². The van der Waals surface area contributed by atoms with Gasteiger partial charge < -0.3 is 29.6 Å². The lowest BCUT2D eigenvalue weighted by atomic mass is 9.81. The second kappa shape index (κ2) is 11.4. The molecule has 0 aliphatic heterocycles. The van der Waals surface area contributed by atoms with E-state index in [4.69, 9.17) is 21.3 Å². The molecule has 3 unspecified atom stereocenters. The van der Waals surface area contributed by atoms with Crippen molar-refractivity contribution >= 4 is 0 Å². The van der Waals surface area contributed by atoms with Gasteiger partial charge in [0.25, 0.3) is 0 Å². The van der Waals surface area contributed by atoms with Gasteiger partial charge in [0, 0.05) is 17.4 Å². The first kappa shape index (κ1) is 23.4. The minimum atomic E-state index is -1.01. The van der Waals surface area contributed by atoms with Crippen LogP contribution in [0.5, 0.6) is 5.75 Å². The number of aliphatic hydroxyl groups excluding tert-OH is 3. The molecule has 2 aliphatic rings. The van der Waals surface area contributed by atoms with Gasteiger partial charge in [-0.1, -0.05) is 12.1 Å². The van der Waals surface area contributed by atoms with Gasteiger partial charge in [0.1, 0.15) is 5.75 Å². The summed E-state index contributed by atoms with van der Waals surface area (Å²) in [5.74, 6) is 10.7. The Balaban J connectivity index is 1.37. The summed E-state index contributed by atoms with van der Waals surface area (Å²) in [7, 11) is 0.